The highest BCUT2D eigenvalue weighted by Gasteiger charge is 2.27. The molecule has 4 nitrogen and oxygen atoms in total. The third-order valence-corrected chi connectivity index (χ3v) is 4.37. The van der Waals surface area contributed by atoms with Crippen LogP contribution in [0.5, 0.6) is 0 Å². The van der Waals surface area contributed by atoms with Crippen molar-refractivity contribution in [2.24, 2.45) is 5.92 Å². The van der Waals surface area contributed by atoms with Crippen LogP contribution in [0.3, 0.4) is 0 Å². The molecule has 2 N–H and O–H groups in total. The van der Waals surface area contributed by atoms with Gasteiger partial charge in [0.15, 0.2) is 0 Å². The van der Waals surface area contributed by atoms with Crippen LogP contribution in [0, 0.1) is 5.92 Å². The van der Waals surface area contributed by atoms with Gasteiger partial charge in [-0.3, -0.25) is 9.59 Å². The number of hydrogen-bond acceptors (Lipinski definition) is 3. The number of carboxylic acids is 1. The van der Waals surface area contributed by atoms with Crippen molar-refractivity contribution in [3.05, 3.63) is 21.9 Å². The summed E-state index contributed by atoms with van der Waals surface area (Å²) >= 11 is 1.70. The van der Waals surface area contributed by atoms with Gasteiger partial charge in [-0.15, -0.1) is 11.3 Å². The van der Waals surface area contributed by atoms with Crippen LogP contribution < -0.4 is 5.32 Å². The van der Waals surface area contributed by atoms with E-state index < -0.39 is 11.9 Å². The molecule has 5 heteroatoms. The van der Waals surface area contributed by atoms with Crippen LogP contribution in [0.1, 0.15) is 36.1 Å². The molecule has 0 aliphatic heterocycles. The Bertz CT molecular complexity index is 455. The van der Waals surface area contributed by atoms with Gasteiger partial charge in [0.2, 0.25) is 5.91 Å². The number of amides is 1. The molecule has 0 saturated heterocycles. The van der Waals surface area contributed by atoms with Crippen LogP contribution in [0.25, 0.3) is 0 Å². The van der Waals surface area contributed by atoms with Crippen LogP contribution in [0.2, 0.25) is 0 Å². The maximum atomic E-state index is 12.1. The summed E-state index contributed by atoms with van der Waals surface area (Å²) in [7, 11) is 0. The van der Waals surface area contributed by atoms with Gasteiger partial charge in [-0.2, -0.15) is 0 Å². The number of fused-ring (bicyclic) bond motifs is 1. The predicted octanol–water partition coefficient (Wildman–Crippen LogP) is 2.00. The monoisotopic (exact) mass is 267 g/mol. The Hall–Kier alpha value is -1.36. The van der Waals surface area contributed by atoms with Crippen molar-refractivity contribution in [2.75, 3.05) is 6.54 Å². The minimum Gasteiger partial charge on any atom is -0.481 e. The Kier molecular flexibility index (Phi) is 4.01. The van der Waals surface area contributed by atoms with Crippen LogP contribution in [-0.2, 0) is 16.0 Å². The first kappa shape index (κ1) is 13.1. The Labute approximate surface area is 110 Å². The lowest BCUT2D eigenvalue weighted by molar-refractivity contribution is -0.141. The van der Waals surface area contributed by atoms with Gasteiger partial charge in [0, 0.05) is 11.4 Å². The molecular formula is C13H17NO3S. The van der Waals surface area contributed by atoms with E-state index >= 15 is 0 Å². The number of aliphatic carboxylic acids is 1. The zero-order valence-corrected chi connectivity index (χ0v) is 11.1. The zero-order chi connectivity index (χ0) is 13.1. The summed E-state index contributed by atoms with van der Waals surface area (Å²) in [5.74, 6) is -1.56. The highest BCUT2D eigenvalue weighted by molar-refractivity contribution is 7.10. The van der Waals surface area contributed by atoms with Gasteiger partial charge in [0.1, 0.15) is 0 Å². The number of aryl methyl sites for hydroxylation is 1. The van der Waals surface area contributed by atoms with Gasteiger partial charge in [0.25, 0.3) is 0 Å². The second-order valence-electron chi connectivity index (χ2n) is 4.73. The second kappa shape index (κ2) is 5.52. The number of carbonyl (C=O) groups is 2. The molecule has 0 spiro atoms. The highest BCUT2D eigenvalue weighted by atomic mass is 32.1. The number of hydrogen-bond donors (Lipinski definition) is 2. The van der Waals surface area contributed by atoms with Crippen LogP contribution in [-0.4, -0.2) is 23.5 Å². The molecule has 2 atom stereocenters. The summed E-state index contributed by atoms with van der Waals surface area (Å²) in [6, 6.07) is 2.02. The fourth-order valence-electron chi connectivity index (χ4n) is 2.22. The average Bonchev–Trinajstić information content (AvgIpc) is 2.83. The molecule has 1 aromatic heterocycles. The molecule has 1 amide bonds. The van der Waals surface area contributed by atoms with Gasteiger partial charge < -0.3 is 10.4 Å². The van der Waals surface area contributed by atoms with E-state index in [0.717, 1.165) is 24.8 Å². The van der Waals surface area contributed by atoms with E-state index in [2.05, 4.69) is 5.32 Å². The van der Waals surface area contributed by atoms with E-state index in [-0.39, 0.29) is 18.4 Å². The molecule has 0 saturated carbocycles. The van der Waals surface area contributed by atoms with Crippen molar-refractivity contribution < 1.29 is 14.7 Å². The van der Waals surface area contributed by atoms with Crippen molar-refractivity contribution in [2.45, 2.75) is 32.1 Å². The molecule has 18 heavy (non-hydrogen) atoms. The van der Waals surface area contributed by atoms with E-state index in [1.165, 1.54) is 4.88 Å². The molecule has 0 aromatic carbocycles. The smallest absolute Gasteiger partial charge is 0.308 e. The summed E-state index contributed by atoms with van der Waals surface area (Å²) < 4.78 is 0. The maximum Gasteiger partial charge on any atom is 0.308 e. The SMILES string of the molecule is CC(CNC(=O)C1CCCc2sccc21)C(=O)O. The zero-order valence-electron chi connectivity index (χ0n) is 10.3. The minimum absolute atomic E-state index is 0.0394. The topological polar surface area (TPSA) is 66.4 Å². The first-order valence-corrected chi connectivity index (χ1v) is 7.04. The third kappa shape index (κ3) is 2.72. The van der Waals surface area contributed by atoms with Gasteiger partial charge in [-0.25, -0.2) is 0 Å². The van der Waals surface area contributed by atoms with E-state index in [1.807, 2.05) is 11.4 Å². The summed E-state index contributed by atoms with van der Waals surface area (Å²) in [5, 5.41) is 13.6. The number of carboxylic acid groups (broad SMARTS) is 1. The summed E-state index contributed by atoms with van der Waals surface area (Å²) in [5.41, 5.74) is 1.13. The largest absolute Gasteiger partial charge is 0.481 e. The maximum absolute atomic E-state index is 12.1. The average molecular weight is 267 g/mol. The fraction of sp³-hybridized carbons (Fsp3) is 0.538. The van der Waals surface area contributed by atoms with Crippen LogP contribution in [0.4, 0.5) is 0 Å². The number of nitrogens with one attached hydrogen (secondary N) is 1. The molecule has 0 bridgehead atoms. The molecule has 2 rings (SSSR count). The molecule has 1 aliphatic rings. The fourth-order valence-corrected chi connectivity index (χ4v) is 3.21. The molecule has 1 heterocycles. The molecule has 0 fully saturated rings. The van der Waals surface area contributed by atoms with Crippen LogP contribution in [0.15, 0.2) is 11.4 Å². The highest BCUT2D eigenvalue weighted by Crippen LogP contribution is 2.34. The van der Waals surface area contributed by atoms with E-state index in [1.54, 1.807) is 18.3 Å². The lowest BCUT2D eigenvalue weighted by Crippen LogP contribution is -2.35. The van der Waals surface area contributed by atoms with Crippen molar-refractivity contribution in [1.82, 2.24) is 5.32 Å². The standard InChI is InChI=1S/C13H17NO3S/c1-8(13(16)17)7-14-12(15)10-3-2-4-11-9(10)5-6-18-11/h5-6,8,10H,2-4,7H2,1H3,(H,14,15)(H,16,17). The molecule has 1 aliphatic carbocycles. The van der Waals surface area contributed by atoms with E-state index in [0.29, 0.717) is 0 Å². The Balaban J connectivity index is 1.97. The Morgan fingerprint density at radius 3 is 3.11 bits per heavy atom. The van der Waals surface area contributed by atoms with E-state index in [9.17, 15) is 9.59 Å². The molecule has 98 valence electrons. The summed E-state index contributed by atoms with van der Waals surface area (Å²) in [6.07, 6.45) is 2.94. The van der Waals surface area contributed by atoms with Crippen molar-refractivity contribution >= 4 is 23.2 Å². The van der Waals surface area contributed by atoms with Gasteiger partial charge in [-0.1, -0.05) is 6.92 Å². The quantitative estimate of drug-likeness (QED) is 0.877. The Morgan fingerprint density at radius 2 is 2.39 bits per heavy atom. The first-order valence-electron chi connectivity index (χ1n) is 6.16. The summed E-state index contributed by atoms with van der Waals surface area (Å²) in [6.45, 7) is 1.80. The van der Waals surface area contributed by atoms with Crippen molar-refractivity contribution in [1.29, 1.82) is 0 Å². The first-order chi connectivity index (χ1) is 8.59. The second-order valence-corrected chi connectivity index (χ2v) is 5.73. The van der Waals surface area contributed by atoms with Gasteiger partial charge in [0.05, 0.1) is 11.8 Å². The van der Waals surface area contributed by atoms with Crippen molar-refractivity contribution in [3.63, 3.8) is 0 Å². The molecule has 2 unspecified atom stereocenters. The number of thiophene rings is 1. The Morgan fingerprint density at radius 1 is 1.61 bits per heavy atom. The summed E-state index contributed by atoms with van der Waals surface area (Å²) in [4.78, 5) is 24.1. The minimum atomic E-state index is -0.879. The van der Waals surface area contributed by atoms with Crippen LogP contribution >= 0.6 is 11.3 Å². The van der Waals surface area contributed by atoms with E-state index in [4.69, 9.17) is 5.11 Å². The lowest BCUT2D eigenvalue weighted by Gasteiger charge is -2.22. The molecule has 1 aromatic rings. The van der Waals surface area contributed by atoms with Crippen molar-refractivity contribution in [3.8, 4) is 0 Å². The third-order valence-electron chi connectivity index (χ3n) is 3.37. The molecule has 0 radical (unpaired) electrons. The van der Waals surface area contributed by atoms with Gasteiger partial charge >= 0.3 is 5.97 Å². The van der Waals surface area contributed by atoms with Gasteiger partial charge in [-0.05, 0) is 36.3 Å². The molecular weight excluding hydrogens is 250 g/mol. The number of rotatable bonds is 4. The lowest BCUT2D eigenvalue weighted by atomic mass is 9.87. The predicted molar refractivity (Wildman–Crippen MR) is 69.8 cm³/mol. The number of carbonyl (C=O) groups excluding carboxylic acids is 1. The normalized spacial score (nSPS) is 19.9.